The van der Waals surface area contributed by atoms with E-state index in [0.717, 1.165) is 37.2 Å². The van der Waals surface area contributed by atoms with Crippen molar-refractivity contribution in [3.8, 4) is 5.75 Å². The molecule has 5 rings (SSSR count). The van der Waals surface area contributed by atoms with Gasteiger partial charge < -0.3 is 4.74 Å². The molecule has 4 aliphatic rings. The van der Waals surface area contributed by atoms with E-state index < -0.39 is 21.9 Å². The predicted octanol–water partition coefficient (Wildman–Crippen LogP) is 2.95. The standard InChI is InChI=1S/C20H25FN2O4S/c21-17-11-19(27-18-9-12-2-3-14(18)8-12)15(13-4-5-13)10-16(17)20(24)22-28(25,26)23-6-1-7-23/h10-14,18H,1-9H2,(H,22,24)/t12-,14+,18-/m1/s1. The number of hydrogen-bond donors (Lipinski definition) is 1. The summed E-state index contributed by atoms with van der Waals surface area (Å²) in [6.45, 7) is 0.767. The fourth-order valence-electron chi connectivity index (χ4n) is 4.82. The number of nitrogens with one attached hydrogen (secondary N) is 1. The van der Waals surface area contributed by atoms with Gasteiger partial charge in [0.05, 0.1) is 5.56 Å². The normalized spacial score (nSPS) is 29.5. The van der Waals surface area contributed by atoms with Crippen LogP contribution in [0.5, 0.6) is 5.75 Å². The van der Waals surface area contributed by atoms with E-state index in [4.69, 9.17) is 4.74 Å². The predicted molar refractivity (Wildman–Crippen MR) is 101 cm³/mol. The van der Waals surface area contributed by atoms with Crippen LogP contribution in [-0.4, -0.2) is 37.8 Å². The van der Waals surface area contributed by atoms with Crippen LogP contribution in [0.15, 0.2) is 12.1 Å². The quantitative estimate of drug-likeness (QED) is 0.785. The SMILES string of the molecule is O=C(NS(=O)(=O)N1CCC1)c1cc(C2CC2)c(O[C@@H]2C[C@@H]3CC[C@H]2C3)cc1F. The summed E-state index contributed by atoms with van der Waals surface area (Å²) in [6, 6.07) is 2.78. The number of carbonyl (C=O) groups is 1. The number of amides is 1. The first-order valence-corrected chi connectivity index (χ1v) is 11.7. The van der Waals surface area contributed by atoms with Crippen LogP contribution in [0.25, 0.3) is 0 Å². The third-order valence-corrected chi connectivity index (χ3v) is 8.18. The van der Waals surface area contributed by atoms with Crippen LogP contribution >= 0.6 is 0 Å². The highest BCUT2D eigenvalue weighted by molar-refractivity contribution is 7.87. The highest BCUT2D eigenvalue weighted by atomic mass is 32.2. The monoisotopic (exact) mass is 408 g/mol. The largest absolute Gasteiger partial charge is 0.490 e. The Kier molecular flexibility index (Phi) is 4.39. The Bertz CT molecular complexity index is 911. The van der Waals surface area contributed by atoms with E-state index in [-0.39, 0.29) is 17.6 Å². The molecule has 1 aromatic rings. The smallest absolute Gasteiger partial charge is 0.304 e. The first-order chi connectivity index (χ1) is 13.4. The Morgan fingerprint density at radius 3 is 2.50 bits per heavy atom. The Morgan fingerprint density at radius 2 is 1.93 bits per heavy atom. The van der Waals surface area contributed by atoms with Crippen molar-refractivity contribution in [2.45, 2.75) is 57.0 Å². The zero-order chi connectivity index (χ0) is 19.5. The molecule has 3 aliphatic carbocycles. The molecule has 8 heteroatoms. The number of ether oxygens (including phenoxy) is 1. The number of hydrogen-bond acceptors (Lipinski definition) is 4. The van der Waals surface area contributed by atoms with Crippen LogP contribution in [0.2, 0.25) is 0 Å². The summed E-state index contributed by atoms with van der Waals surface area (Å²) in [6.07, 6.45) is 7.50. The molecule has 1 saturated heterocycles. The second kappa shape index (κ2) is 6.69. The van der Waals surface area contributed by atoms with Gasteiger partial charge in [0.2, 0.25) is 0 Å². The molecule has 1 amide bonds. The van der Waals surface area contributed by atoms with Gasteiger partial charge in [-0.1, -0.05) is 0 Å². The lowest BCUT2D eigenvalue weighted by Gasteiger charge is -2.29. The lowest BCUT2D eigenvalue weighted by atomic mass is 9.97. The van der Waals surface area contributed by atoms with Crippen molar-refractivity contribution in [3.63, 3.8) is 0 Å². The third kappa shape index (κ3) is 3.30. The summed E-state index contributed by atoms with van der Waals surface area (Å²) < 4.78 is 48.5. The highest BCUT2D eigenvalue weighted by Gasteiger charge is 2.42. The average Bonchev–Trinajstić information content (AvgIpc) is 3.20. The Labute approximate surface area is 164 Å². The van der Waals surface area contributed by atoms with Crippen molar-refractivity contribution in [2.75, 3.05) is 13.1 Å². The van der Waals surface area contributed by atoms with E-state index in [2.05, 4.69) is 0 Å². The second-order valence-electron chi connectivity index (χ2n) is 8.66. The van der Waals surface area contributed by atoms with E-state index in [0.29, 0.717) is 24.8 Å². The summed E-state index contributed by atoms with van der Waals surface area (Å²) in [5, 5.41) is 0. The van der Waals surface area contributed by atoms with Gasteiger partial charge in [0, 0.05) is 19.2 Å². The van der Waals surface area contributed by atoms with Crippen molar-refractivity contribution in [1.82, 2.24) is 9.03 Å². The molecule has 28 heavy (non-hydrogen) atoms. The molecular formula is C20H25FN2O4S. The molecule has 1 aliphatic heterocycles. The first-order valence-electron chi connectivity index (χ1n) is 10.2. The van der Waals surface area contributed by atoms with E-state index in [1.54, 1.807) is 0 Å². The van der Waals surface area contributed by atoms with Crippen molar-refractivity contribution in [2.24, 2.45) is 11.8 Å². The van der Waals surface area contributed by atoms with Gasteiger partial charge in [0.15, 0.2) is 0 Å². The Hall–Kier alpha value is -1.67. The van der Waals surface area contributed by atoms with Crippen molar-refractivity contribution >= 4 is 16.1 Å². The number of halogens is 1. The van der Waals surface area contributed by atoms with Gasteiger partial charge in [0.25, 0.3) is 5.91 Å². The molecule has 3 saturated carbocycles. The number of fused-ring (bicyclic) bond motifs is 2. The number of benzene rings is 1. The van der Waals surface area contributed by atoms with Crippen LogP contribution in [0, 0.1) is 17.7 Å². The molecular weight excluding hydrogens is 383 g/mol. The molecule has 0 unspecified atom stereocenters. The molecule has 1 aromatic carbocycles. The minimum Gasteiger partial charge on any atom is -0.490 e. The molecule has 0 spiro atoms. The third-order valence-electron chi connectivity index (χ3n) is 6.69. The van der Waals surface area contributed by atoms with Crippen LogP contribution in [0.1, 0.15) is 66.8 Å². The van der Waals surface area contributed by atoms with Gasteiger partial charge in [-0.25, -0.2) is 9.11 Å². The molecule has 6 nitrogen and oxygen atoms in total. The maximum absolute atomic E-state index is 14.7. The van der Waals surface area contributed by atoms with Crippen molar-refractivity contribution in [1.29, 1.82) is 0 Å². The lowest BCUT2D eigenvalue weighted by Crippen LogP contribution is -2.49. The van der Waals surface area contributed by atoms with Gasteiger partial charge in [-0.05, 0) is 74.3 Å². The van der Waals surface area contributed by atoms with Crippen molar-refractivity contribution in [3.05, 3.63) is 29.1 Å². The maximum atomic E-state index is 14.7. The molecule has 0 aromatic heterocycles. The van der Waals surface area contributed by atoms with Gasteiger partial charge in [0.1, 0.15) is 17.7 Å². The van der Waals surface area contributed by atoms with Crippen LogP contribution in [-0.2, 0) is 10.2 Å². The summed E-state index contributed by atoms with van der Waals surface area (Å²) in [5.41, 5.74) is 0.599. The fourth-order valence-corrected chi connectivity index (χ4v) is 6.03. The zero-order valence-electron chi connectivity index (χ0n) is 15.7. The average molecular weight is 408 g/mol. The molecule has 0 radical (unpaired) electrons. The van der Waals surface area contributed by atoms with Gasteiger partial charge in [-0.2, -0.15) is 12.7 Å². The fraction of sp³-hybridized carbons (Fsp3) is 0.650. The zero-order valence-corrected chi connectivity index (χ0v) is 16.5. The van der Waals surface area contributed by atoms with Gasteiger partial charge in [-0.15, -0.1) is 0 Å². The highest BCUT2D eigenvalue weighted by Crippen LogP contribution is 2.49. The number of nitrogens with zero attached hydrogens (tertiary/aromatic N) is 1. The van der Waals surface area contributed by atoms with E-state index >= 15 is 0 Å². The van der Waals surface area contributed by atoms with Crippen LogP contribution in [0.3, 0.4) is 0 Å². The van der Waals surface area contributed by atoms with E-state index in [1.807, 2.05) is 4.72 Å². The van der Waals surface area contributed by atoms with Gasteiger partial charge >= 0.3 is 10.2 Å². The summed E-state index contributed by atoms with van der Waals surface area (Å²) in [4.78, 5) is 12.5. The Balaban J connectivity index is 1.38. The van der Waals surface area contributed by atoms with Crippen LogP contribution in [0.4, 0.5) is 4.39 Å². The molecule has 152 valence electrons. The van der Waals surface area contributed by atoms with E-state index in [1.165, 1.54) is 35.7 Å². The van der Waals surface area contributed by atoms with Crippen molar-refractivity contribution < 1.29 is 22.3 Å². The first kappa shape index (κ1) is 18.4. The second-order valence-corrected chi connectivity index (χ2v) is 10.3. The minimum atomic E-state index is -3.90. The Morgan fingerprint density at radius 1 is 1.14 bits per heavy atom. The summed E-state index contributed by atoms with van der Waals surface area (Å²) in [7, 11) is -3.90. The summed E-state index contributed by atoms with van der Waals surface area (Å²) >= 11 is 0. The lowest BCUT2D eigenvalue weighted by molar-refractivity contribution is 0.0973. The van der Waals surface area contributed by atoms with Crippen LogP contribution < -0.4 is 9.46 Å². The molecule has 3 atom stereocenters. The molecule has 1 N–H and O–H groups in total. The minimum absolute atomic E-state index is 0.127. The van der Waals surface area contributed by atoms with Gasteiger partial charge in [-0.3, -0.25) is 4.79 Å². The topological polar surface area (TPSA) is 75.7 Å². The summed E-state index contributed by atoms with van der Waals surface area (Å²) in [5.74, 6) is 0.398. The molecule has 2 bridgehead atoms. The number of rotatable bonds is 6. The molecule has 1 heterocycles. The number of carbonyl (C=O) groups excluding carboxylic acids is 1. The maximum Gasteiger partial charge on any atom is 0.304 e. The van der Waals surface area contributed by atoms with E-state index in [9.17, 15) is 17.6 Å². The molecule has 4 fully saturated rings.